The maximum atomic E-state index is 12.6. The lowest BCUT2D eigenvalue weighted by Crippen LogP contribution is -2.48. The summed E-state index contributed by atoms with van der Waals surface area (Å²) in [7, 11) is -3.67. The highest BCUT2D eigenvalue weighted by Crippen LogP contribution is 2.34. The van der Waals surface area contributed by atoms with Gasteiger partial charge in [-0.2, -0.15) is 8.42 Å². The number of piperazine rings is 1. The lowest BCUT2D eigenvalue weighted by molar-refractivity contribution is 0.183. The Labute approximate surface area is 148 Å². The molecule has 0 N–H and O–H groups in total. The molecule has 0 unspecified atom stereocenters. The molecule has 24 heavy (non-hydrogen) atoms. The van der Waals surface area contributed by atoms with Crippen LogP contribution in [0.25, 0.3) is 4.91 Å². The predicted octanol–water partition coefficient (Wildman–Crippen LogP) is 2.84. The number of hydrogen-bond donors (Lipinski definition) is 0. The molecule has 2 heterocycles. The van der Waals surface area contributed by atoms with Crippen molar-refractivity contribution in [1.29, 1.82) is 0 Å². The number of benzene rings is 1. The molecule has 0 atom stereocenters. The SMILES string of the molecule is CCCN1CCN(C2=NS(=O)(=O)C(c3cccc(Cl)c3)=C2C)CC1. The Morgan fingerprint density at radius 2 is 1.92 bits per heavy atom. The molecule has 0 radical (unpaired) electrons. The van der Waals surface area contributed by atoms with Crippen LogP contribution in [0.2, 0.25) is 5.02 Å². The summed E-state index contributed by atoms with van der Waals surface area (Å²) in [5.74, 6) is 0.584. The van der Waals surface area contributed by atoms with Crippen LogP contribution in [0.4, 0.5) is 0 Å². The first-order chi connectivity index (χ1) is 11.4. The molecule has 1 aromatic carbocycles. The summed E-state index contributed by atoms with van der Waals surface area (Å²) in [6, 6.07) is 6.93. The highest BCUT2D eigenvalue weighted by atomic mass is 35.5. The van der Waals surface area contributed by atoms with Gasteiger partial charge in [-0.15, -0.1) is 4.40 Å². The molecule has 0 aromatic heterocycles. The van der Waals surface area contributed by atoms with E-state index in [4.69, 9.17) is 11.6 Å². The van der Waals surface area contributed by atoms with E-state index in [1.54, 1.807) is 24.3 Å². The minimum absolute atomic E-state index is 0.274. The highest BCUT2D eigenvalue weighted by molar-refractivity contribution is 8.00. The third kappa shape index (κ3) is 3.36. The Balaban J connectivity index is 1.88. The van der Waals surface area contributed by atoms with Gasteiger partial charge in [-0.1, -0.05) is 30.7 Å². The Morgan fingerprint density at radius 3 is 2.54 bits per heavy atom. The van der Waals surface area contributed by atoms with Crippen molar-refractivity contribution in [3.05, 3.63) is 40.4 Å². The summed E-state index contributed by atoms with van der Waals surface area (Å²) in [4.78, 5) is 4.75. The van der Waals surface area contributed by atoms with Gasteiger partial charge in [0.15, 0.2) is 0 Å². The van der Waals surface area contributed by atoms with Gasteiger partial charge in [0, 0.05) is 36.8 Å². The zero-order chi connectivity index (χ0) is 17.3. The molecular formula is C17H22ClN3O2S. The minimum Gasteiger partial charge on any atom is -0.353 e. The molecule has 0 spiro atoms. The summed E-state index contributed by atoms with van der Waals surface area (Å²) in [5, 5.41) is 0.518. The van der Waals surface area contributed by atoms with Crippen LogP contribution in [0.5, 0.6) is 0 Å². The van der Waals surface area contributed by atoms with E-state index < -0.39 is 10.0 Å². The first-order valence-corrected chi connectivity index (χ1v) is 10.0. The van der Waals surface area contributed by atoms with Crippen molar-refractivity contribution < 1.29 is 8.42 Å². The average Bonchev–Trinajstić information content (AvgIpc) is 2.78. The number of sulfonamides is 1. The van der Waals surface area contributed by atoms with E-state index in [-0.39, 0.29) is 4.91 Å². The van der Waals surface area contributed by atoms with Crippen molar-refractivity contribution in [2.45, 2.75) is 20.3 Å². The van der Waals surface area contributed by atoms with Gasteiger partial charge in [0.2, 0.25) is 0 Å². The zero-order valence-electron chi connectivity index (χ0n) is 14.0. The second-order valence-electron chi connectivity index (χ2n) is 6.18. The summed E-state index contributed by atoms with van der Waals surface area (Å²) in [6.45, 7) is 8.56. The van der Waals surface area contributed by atoms with Gasteiger partial charge in [0.1, 0.15) is 10.7 Å². The van der Waals surface area contributed by atoms with E-state index in [0.717, 1.165) is 39.1 Å². The highest BCUT2D eigenvalue weighted by Gasteiger charge is 2.34. The molecule has 5 nitrogen and oxygen atoms in total. The second kappa shape index (κ2) is 6.86. The topological polar surface area (TPSA) is 53.0 Å². The Bertz CT molecular complexity index is 794. The van der Waals surface area contributed by atoms with Crippen LogP contribution in [0.3, 0.4) is 0 Å². The van der Waals surface area contributed by atoms with Crippen molar-refractivity contribution in [3.63, 3.8) is 0 Å². The average molecular weight is 368 g/mol. The van der Waals surface area contributed by atoms with Crippen LogP contribution in [-0.4, -0.2) is 56.8 Å². The van der Waals surface area contributed by atoms with Crippen LogP contribution in [0, 0.1) is 0 Å². The number of nitrogens with zero attached hydrogens (tertiary/aromatic N) is 3. The second-order valence-corrected chi connectivity index (χ2v) is 8.16. The number of halogens is 1. The Morgan fingerprint density at radius 1 is 1.21 bits per heavy atom. The van der Waals surface area contributed by atoms with Crippen molar-refractivity contribution in [2.75, 3.05) is 32.7 Å². The van der Waals surface area contributed by atoms with Crippen LogP contribution in [0.1, 0.15) is 25.8 Å². The molecule has 1 fully saturated rings. The lowest BCUT2D eigenvalue weighted by Gasteiger charge is -2.35. The molecule has 3 rings (SSSR count). The predicted molar refractivity (Wildman–Crippen MR) is 98.7 cm³/mol. The summed E-state index contributed by atoms with van der Waals surface area (Å²) in [6.07, 6.45) is 1.13. The van der Waals surface area contributed by atoms with Crippen LogP contribution >= 0.6 is 11.6 Å². The normalized spacial score (nSPS) is 21.3. The van der Waals surface area contributed by atoms with E-state index in [1.807, 2.05) is 6.92 Å². The van der Waals surface area contributed by atoms with E-state index in [0.29, 0.717) is 22.0 Å². The molecule has 2 aliphatic heterocycles. The van der Waals surface area contributed by atoms with Gasteiger partial charge in [-0.3, -0.25) is 4.90 Å². The molecule has 2 aliphatic rings. The third-order valence-corrected chi connectivity index (χ3v) is 6.15. The Hall–Kier alpha value is -1.37. The standard InChI is InChI=1S/C17H22ClN3O2S/c1-3-7-20-8-10-21(11-9-20)17-13(2)16(24(22,23)19-17)14-5-4-6-15(18)12-14/h4-6,12H,3,7-11H2,1-2H3. The van der Waals surface area contributed by atoms with Crippen LogP contribution < -0.4 is 0 Å². The van der Waals surface area contributed by atoms with E-state index >= 15 is 0 Å². The number of rotatable bonds is 3. The third-order valence-electron chi connectivity index (χ3n) is 4.44. The first kappa shape index (κ1) is 17.5. The summed E-state index contributed by atoms with van der Waals surface area (Å²) < 4.78 is 29.2. The Kier molecular flexibility index (Phi) is 4.99. The molecular weight excluding hydrogens is 346 g/mol. The van der Waals surface area contributed by atoms with Crippen molar-refractivity contribution in [1.82, 2.24) is 9.80 Å². The van der Waals surface area contributed by atoms with Crippen molar-refractivity contribution >= 4 is 32.4 Å². The maximum Gasteiger partial charge on any atom is 0.285 e. The van der Waals surface area contributed by atoms with E-state index in [1.165, 1.54) is 0 Å². The fourth-order valence-electron chi connectivity index (χ4n) is 3.31. The van der Waals surface area contributed by atoms with Crippen molar-refractivity contribution in [2.24, 2.45) is 4.40 Å². The number of hydrogen-bond acceptors (Lipinski definition) is 4. The molecule has 0 amide bonds. The van der Waals surface area contributed by atoms with Gasteiger partial charge in [-0.25, -0.2) is 0 Å². The molecule has 0 aliphatic carbocycles. The molecule has 0 saturated carbocycles. The minimum atomic E-state index is -3.67. The molecule has 1 aromatic rings. The lowest BCUT2D eigenvalue weighted by atomic mass is 10.1. The van der Waals surface area contributed by atoms with Crippen LogP contribution in [-0.2, 0) is 10.0 Å². The maximum absolute atomic E-state index is 12.6. The van der Waals surface area contributed by atoms with Gasteiger partial charge >= 0.3 is 0 Å². The van der Waals surface area contributed by atoms with E-state index in [9.17, 15) is 8.42 Å². The van der Waals surface area contributed by atoms with Crippen molar-refractivity contribution in [3.8, 4) is 0 Å². The number of amidine groups is 1. The molecule has 0 bridgehead atoms. The van der Waals surface area contributed by atoms with Gasteiger partial charge in [0.05, 0.1) is 0 Å². The van der Waals surface area contributed by atoms with Gasteiger partial charge in [0.25, 0.3) is 10.0 Å². The largest absolute Gasteiger partial charge is 0.353 e. The summed E-state index contributed by atoms with van der Waals surface area (Å²) >= 11 is 6.02. The van der Waals surface area contributed by atoms with E-state index in [2.05, 4.69) is 21.1 Å². The smallest absolute Gasteiger partial charge is 0.285 e. The molecule has 7 heteroatoms. The first-order valence-electron chi connectivity index (χ1n) is 8.22. The van der Waals surface area contributed by atoms with Gasteiger partial charge in [-0.05, 0) is 37.6 Å². The molecule has 130 valence electrons. The fraction of sp³-hybridized carbons (Fsp3) is 0.471. The molecule has 1 saturated heterocycles. The summed E-state index contributed by atoms with van der Waals surface area (Å²) in [5.41, 5.74) is 1.31. The van der Waals surface area contributed by atoms with Gasteiger partial charge < -0.3 is 4.90 Å². The zero-order valence-corrected chi connectivity index (χ0v) is 15.6. The fourth-order valence-corrected chi connectivity index (χ4v) is 4.98. The quantitative estimate of drug-likeness (QED) is 0.824. The monoisotopic (exact) mass is 367 g/mol. The van der Waals surface area contributed by atoms with Crippen LogP contribution in [0.15, 0.2) is 34.2 Å².